The maximum atomic E-state index is 12.3. The smallest absolute Gasteiger partial charge is 0.328 e. The highest BCUT2D eigenvalue weighted by atomic mass is 31.2. The number of hydrogen-bond donors (Lipinski definition) is 3. The largest absolute Gasteiger partial charge is 0.473 e. The van der Waals surface area contributed by atoms with Crippen molar-refractivity contribution in [3.05, 3.63) is 0 Å². The Balaban J connectivity index is 4.46. The van der Waals surface area contributed by atoms with Crippen molar-refractivity contribution in [2.45, 2.75) is 103 Å². The van der Waals surface area contributed by atoms with Gasteiger partial charge in [0.15, 0.2) is 0 Å². The Labute approximate surface area is 141 Å². The van der Waals surface area contributed by atoms with E-state index in [-0.39, 0.29) is 12.1 Å². The molecular weight excluding hydrogens is 315 g/mol. The lowest BCUT2D eigenvalue weighted by Gasteiger charge is -2.32. The summed E-state index contributed by atoms with van der Waals surface area (Å²) < 4.78 is 23.1. The number of phosphoric ester groups is 1. The molecule has 5 N–H and O–H groups in total. The van der Waals surface area contributed by atoms with E-state index >= 15 is 0 Å². The van der Waals surface area contributed by atoms with Crippen LogP contribution in [0.1, 0.15) is 80.1 Å². The van der Waals surface area contributed by atoms with Crippen LogP contribution >= 0.6 is 7.82 Å². The second-order valence-corrected chi connectivity index (χ2v) is 9.21. The molecule has 0 bridgehead atoms. The molecule has 0 aromatic carbocycles. The summed E-state index contributed by atoms with van der Waals surface area (Å²) in [7, 11) is -4.13. The van der Waals surface area contributed by atoms with E-state index in [1.807, 2.05) is 13.8 Å². The second kappa shape index (κ2) is 9.50. The molecule has 6 nitrogen and oxygen atoms in total. The topological polar surface area (TPSA) is 108 Å². The fourth-order valence-electron chi connectivity index (χ4n) is 2.43. The van der Waals surface area contributed by atoms with E-state index in [9.17, 15) is 9.46 Å². The van der Waals surface area contributed by atoms with Crippen LogP contribution in [0.4, 0.5) is 0 Å². The van der Waals surface area contributed by atoms with Gasteiger partial charge in [-0.1, -0.05) is 0 Å². The van der Waals surface area contributed by atoms with Crippen molar-refractivity contribution in [1.29, 1.82) is 0 Å². The summed E-state index contributed by atoms with van der Waals surface area (Å²) in [5.74, 6) is 0. The zero-order valence-electron chi connectivity index (χ0n) is 15.7. The minimum absolute atomic E-state index is 0.117. The van der Waals surface area contributed by atoms with Crippen LogP contribution in [0.25, 0.3) is 0 Å². The van der Waals surface area contributed by atoms with Crippen LogP contribution in [0.15, 0.2) is 0 Å². The minimum atomic E-state index is -4.13. The Bertz CT molecular complexity index is 352. The Morgan fingerprint density at radius 2 is 1.22 bits per heavy atom. The SMILES string of the molecule is C[C@H](N)CCCC(C)(C)OP(=O)(O)OC(C)(C)CCC[C@@H](C)N. The summed E-state index contributed by atoms with van der Waals surface area (Å²) in [5, 5.41) is 0. The van der Waals surface area contributed by atoms with Gasteiger partial charge in [-0.2, -0.15) is 0 Å². The number of nitrogens with two attached hydrogens (primary N) is 2. The maximum Gasteiger partial charge on any atom is 0.473 e. The monoisotopic (exact) mass is 352 g/mol. The highest BCUT2D eigenvalue weighted by Crippen LogP contribution is 2.52. The third-order valence-electron chi connectivity index (χ3n) is 3.60. The zero-order chi connectivity index (χ0) is 18.3. The van der Waals surface area contributed by atoms with E-state index in [4.69, 9.17) is 20.5 Å². The third-order valence-corrected chi connectivity index (χ3v) is 5.05. The summed E-state index contributed by atoms with van der Waals surface area (Å²) in [5.41, 5.74) is 9.97. The molecule has 0 aliphatic rings. The quantitative estimate of drug-likeness (QED) is 0.462. The van der Waals surface area contributed by atoms with Crippen LogP contribution < -0.4 is 11.5 Å². The van der Waals surface area contributed by atoms with E-state index < -0.39 is 19.0 Å². The molecule has 0 radical (unpaired) electrons. The van der Waals surface area contributed by atoms with Crippen LogP contribution in [0.5, 0.6) is 0 Å². The van der Waals surface area contributed by atoms with Gasteiger partial charge in [0.2, 0.25) is 0 Å². The standard InChI is InChI=1S/C16H37N2O4P/c1-13(17)9-7-11-15(3,4)21-23(19,20)22-16(5,6)12-8-10-14(2)18/h13-14H,7-12,17-18H2,1-6H3,(H,19,20)/t13-,14+. The number of rotatable bonds is 12. The molecule has 0 aromatic rings. The van der Waals surface area contributed by atoms with Crippen molar-refractivity contribution in [1.82, 2.24) is 0 Å². The van der Waals surface area contributed by atoms with Crippen LogP contribution in [0.2, 0.25) is 0 Å². The predicted molar refractivity (Wildman–Crippen MR) is 95.2 cm³/mol. The van der Waals surface area contributed by atoms with Gasteiger partial charge >= 0.3 is 7.82 Å². The predicted octanol–water partition coefficient (Wildman–Crippen LogP) is 3.71. The van der Waals surface area contributed by atoms with Crippen molar-refractivity contribution in [3.8, 4) is 0 Å². The number of hydrogen-bond acceptors (Lipinski definition) is 5. The van der Waals surface area contributed by atoms with Crippen LogP contribution in [0, 0.1) is 0 Å². The van der Waals surface area contributed by atoms with E-state index in [2.05, 4.69) is 0 Å². The first kappa shape index (κ1) is 23.0. The van der Waals surface area contributed by atoms with Gasteiger partial charge in [-0.25, -0.2) is 4.57 Å². The lowest BCUT2D eigenvalue weighted by atomic mass is 10.00. The molecular formula is C16H37N2O4P. The van der Waals surface area contributed by atoms with Gasteiger partial charge in [0.05, 0.1) is 11.2 Å². The molecule has 0 aliphatic heterocycles. The molecule has 23 heavy (non-hydrogen) atoms. The van der Waals surface area contributed by atoms with Crippen LogP contribution in [0.3, 0.4) is 0 Å². The molecule has 0 saturated carbocycles. The van der Waals surface area contributed by atoms with Crippen molar-refractivity contribution < 1.29 is 18.5 Å². The lowest BCUT2D eigenvalue weighted by molar-refractivity contribution is -0.00448. The van der Waals surface area contributed by atoms with Crippen LogP contribution in [-0.2, 0) is 13.6 Å². The van der Waals surface area contributed by atoms with Crippen molar-refractivity contribution in [2.75, 3.05) is 0 Å². The number of phosphoric acid groups is 1. The fraction of sp³-hybridized carbons (Fsp3) is 1.00. The fourth-order valence-corrected chi connectivity index (χ4v) is 3.90. The van der Waals surface area contributed by atoms with Crippen molar-refractivity contribution >= 4 is 7.82 Å². The molecule has 0 amide bonds. The summed E-state index contributed by atoms with van der Waals surface area (Å²) in [6, 6.07) is 0.235. The molecule has 0 heterocycles. The summed E-state index contributed by atoms with van der Waals surface area (Å²) in [6.07, 6.45) is 4.67. The molecule has 0 spiro atoms. The first-order valence-corrected chi connectivity index (χ1v) is 10.00. The Hall–Kier alpha value is 0.0300. The summed E-state index contributed by atoms with van der Waals surface area (Å²) in [6.45, 7) is 11.1. The van der Waals surface area contributed by atoms with Gasteiger partial charge in [-0.05, 0) is 80.1 Å². The highest BCUT2D eigenvalue weighted by molar-refractivity contribution is 7.47. The molecule has 0 fully saturated rings. The van der Waals surface area contributed by atoms with Gasteiger partial charge in [0.25, 0.3) is 0 Å². The first-order chi connectivity index (χ1) is 10.2. The van der Waals surface area contributed by atoms with Gasteiger partial charge in [0.1, 0.15) is 0 Å². The zero-order valence-corrected chi connectivity index (χ0v) is 16.6. The van der Waals surface area contributed by atoms with E-state index in [1.165, 1.54) is 0 Å². The molecule has 140 valence electrons. The Morgan fingerprint density at radius 1 is 0.913 bits per heavy atom. The van der Waals surface area contributed by atoms with Gasteiger partial charge in [0, 0.05) is 12.1 Å². The highest BCUT2D eigenvalue weighted by Gasteiger charge is 2.37. The minimum Gasteiger partial charge on any atom is -0.328 e. The molecule has 3 atom stereocenters. The molecule has 7 heteroatoms. The average Bonchev–Trinajstić information content (AvgIpc) is 2.22. The first-order valence-electron chi connectivity index (χ1n) is 8.50. The average molecular weight is 352 g/mol. The Morgan fingerprint density at radius 3 is 1.48 bits per heavy atom. The van der Waals surface area contributed by atoms with Gasteiger partial charge < -0.3 is 16.4 Å². The lowest BCUT2D eigenvalue weighted by Crippen LogP contribution is -2.29. The van der Waals surface area contributed by atoms with E-state index in [0.29, 0.717) is 12.8 Å². The molecule has 0 rings (SSSR count). The second-order valence-electron chi connectivity index (χ2n) is 7.91. The molecule has 0 saturated heterocycles. The normalized spacial score (nSPS) is 18.5. The maximum absolute atomic E-state index is 12.3. The van der Waals surface area contributed by atoms with E-state index in [1.54, 1.807) is 27.7 Å². The van der Waals surface area contributed by atoms with E-state index in [0.717, 1.165) is 25.7 Å². The van der Waals surface area contributed by atoms with Crippen LogP contribution in [-0.4, -0.2) is 28.2 Å². The molecule has 1 unspecified atom stereocenters. The van der Waals surface area contributed by atoms with Crippen molar-refractivity contribution in [3.63, 3.8) is 0 Å². The van der Waals surface area contributed by atoms with Crippen molar-refractivity contribution in [2.24, 2.45) is 11.5 Å². The van der Waals surface area contributed by atoms with Gasteiger partial charge in [-0.15, -0.1) is 0 Å². The summed E-state index contributed by atoms with van der Waals surface area (Å²) in [4.78, 5) is 10.1. The molecule has 0 aliphatic carbocycles. The van der Waals surface area contributed by atoms with Gasteiger partial charge in [-0.3, -0.25) is 9.05 Å². The Kier molecular flexibility index (Phi) is 9.51. The summed E-state index contributed by atoms with van der Waals surface area (Å²) >= 11 is 0. The molecule has 0 aromatic heterocycles. The third kappa shape index (κ3) is 13.0.